The second-order valence-corrected chi connectivity index (χ2v) is 4.95. The topological polar surface area (TPSA) is 60.9 Å². The summed E-state index contributed by atoms with van der Waals surface area (Å²) in [5.41, 5.74) is 0. The molecule has 0 unspecified atom stereocenters. The summed E-state index contributed by atoms with van der Waals surface area (Å²) in [6.07, 6.45) is 4.37. The molecule has 1 aliphatic rings. The number of aliphatic carboxylic acids is 1. The van der Waals surface area contributed by atoms with Crippen LogP contribution in [0, 0.1) is 0 Å². The van der Waals surface area contributed by atoms with Crippen LogP contribution in [-0.4, -0.2) is 52.6 Å². The van der Waals surface area contributed by atoms with E-state index in [1.165, 1.54) is 4.90 Å². The number of rotatable bonds is 4. The number of urea groups is 1. The van der Waals surface area contributed by atoms with E-state index in [1.807, 2.05) is 13.8 Å². The molecule has 0 aromatic rings. The molecule has 0 atom stereocenters. The van der Waals surface area contributed by atoms with Crippen LogP contribution in [0.4, 0.5) is 4.79 Å². The summed E-state index contributed by atoms with van der Waals surface area (Å²) in [4.78, 5) is 26.1. The average Bonchev–Trinajstić information content (AvgIpc) is 2.76. The Balaban J connectivity index is 2.65. The quantitative estimate of drug-likeness (QED) is 0.817. The average molecular weight is 242 g/mol. The van der Waals surface area contributed by atoms with E-state index in [2.05, 4.69) is 0 Å². The number of amides is 2. The van der Waals surface area contributed by atoms with Gasteiger partial charge in [-0.3, -0.25) is 4.79 Å². The van der Waals surface area contributed by atoms with Gasteiger partial charge in [-0.25, -0.2) is 4.79 Å². The van der Waals surface area contributed by atoms with Crippen LogP contribution in [0.5, 0.6) is 0 Å². The molecule has 0 spiro atoms. The third-order valence-corrected chi connectivity index (χ3v) is 3.35. The van der Waals surface area contributed by atoms with Crippen LogP contribution in [0.15, 0.2) is 0 Å². The fourth-order valence-corrected chi connectivity index (χ4v) is 2.27. The van der Waals surface area contributed by atoms with Crippen LogP contribution in [0.2, 0.25) is 0 Å². The van der Waals surface area contributed by atoms with E-state index in [4.69, 9.17) is 5.11 Å². The van der Waals surface area contributed by atoms with E-state index in [0.29, 0.717) is 0 Å². The lowest BCUT2D eigenvalue weighted by atomic mass is 10.2. The van der Waals surface area contributed by atoms with Crippen molar-refractivity contribution in [3.8, 4) is 0 Å². The highest BCUT2D eigenvalue weighted by Gasteiger charge is 2.29. The second kappa shape index (κ2) is 5.89. The molecule has 1 N–H and O–H groups in total. The summed E-state index contributed by atoms with van der Waals surface area (Å²) < 4.78 is 0. The lowest BCUT2D eigenvalue weighted by Crippen LogP contribution is -2.49. The zero-order valence-corrected chi connectivity index (χ0v) is 10.8. The third-order valence-electron chi connectivity index (χ3n) is 3.35. The Kier molecular flexibility index (Phi) is 4.78. The Labute approximate surface area is 102 Å². The first kappa shape index (κ1) is 13.8. The molecule has 0 radical (unpaired) electrons. The van der Waals surface area contributed by atoms with E-state index < -0.39 is 5.97 Å². The largest absolute Gasteiger partial charge is 0.480 e. The molecule has 5 heteroatoms. The molecule has 1 saturated carbocycles. The van der Waals surface area contributed by atoms with Crippen molar-refractivity contribution in [2.24, 2.45) is 0 Å². The molecule has 0 aromatic carbocycles. The van der Waals surface area contributed by atoms with E-state index in [0.717, 1.165) is 25.7 Å². The van der Waals surface area contributed by atoms with Crippen molar-refractivity contribution in [1.29, 1.82) is 0 Å². The monoisotopic (exact) mass is 242 g/mol. The van der Waals surface area contributed by atoms with Gasteiger partial charge in [-0.1, -0.05) is 12.8 Å². The van der Waals surface area contributed by atoms with Crippen molar-refractivity contribution >= 4 is 12.0 Å². The van der Waals surface area contributed by atoms with Crippen LogP contribution in [0.25, 0.3) is 0 Å². The van der Waals surface area contributed by atoms with Gasteiger partial charge in [0.1, 0.15) is 6.54 Å². The van der Waals surface area contributed by atoms with Crippen LogP contribution >= 0.6 is 0 Å². The molecule has 0 saturated heterocycles. The molecule has 1 rings (SSSR count). The Morgan fingerprint density at radius 2 is 1.82 bits per heavy atom. The summed E-state index contributed by atoms with van der Waals surface area (Å²) in [6, 6.07) is 0.00861. The van der Waals surface area contributed by atoms with Gasteiger partial charge < -0.3 is 14.9 Å². The zero-order chi connectivity index (χ0) is 13.0. The minimum Gasteiger partial charge on any atom is -0.480 e. The predicted molar refractivity (Wildman–Crippen MR) is 64.9 cm³/mol. The predicted octanol–water partition coefficient (Wildman–Crippen LogP) is 1.78. The Bertz CT molecular complexity index is 285. The third kappa shape index (κ3) is 3.61. The molecule has 0 bridgehead atoms. The molecule has 17 heavy (non-hydrogen) atoms. The Hall–Kier alpha value is -1.26. The first-order valence-corrected chi connectivity index (χ1v) is 6.18. The van der Waals surface area contributed by atoms with Gasteiger partial charge in [-0.2, -0.15) is 0 Å². The molecule has 2 amide bonds. The molecule has 1 aliphatic carbocycles. The highest BCUT2D eigenvalue weighted by atomic mass is 16.4. The number of carboxylic acids is 1. The molecule has 0 heterocycles. The van der Waals surface area contributed by atoms with Crippen molar-refractivity contribution in [3.63, 3.8) is 0 Å². The second-order valence-electron chi connectivity index (χ2n) is 4.95. The number of carbonyl (C=O) groups is 2. The Morgan fingerprint density at radius 1 is 1.29 bits per heavy atom. The maximum Gasteiger partial charge on any atom is 0.323 e. The van der Waals surface area contributed by atoms with Crippen LogP contribution in [0.3, 0.4) is 0 Å². The lowest BCUT2D eigenvalue weighted by Gasteiger charge is -2.33. The standard InChI is InChI=1S/C12H22N2O3/c1-9(2)14(8-11(15)16)12(17)13(3)10-6-4-5-7-10/h9-10H,4-8H2,1-3H3,(H,15,16). The Morgan fingerprint density at radius 3 is 2.24 bits per heavy atom. The molecular formula is C12H22N2O3. The van der Waals surface area contributed by atoms with Crippen LogP contribution in [-0.2, 0) is 4.79 Å². The normalized spacial score (nSPS) is 16.2. The van der Waals surface area contributed by atoms with Gasteiger partial charge in [0.2, 0.25) is 0 Å². The highest BCUT2D eigenvalue weighted by molar-refractivity contribution is 5.80. The highest BCUT2D eigenvalue weighted by Crippen LogP contribution is 2.23. The van der Waals surface area contributed by atoms with Gasteiger partial charge >= 0.3 is 12.0 Å². The number of carbonyl (C=O) groups excluding carboxylic acids is 1. The maximum atomic E-state index is 12.2. The molecule has 98 valence electrons. The summed E-state index contributed by atoms with van der Waals surface area (Å²) in [5.74, 6) is -0.966. The smallest absolute Gasteiger partial charge is 0.323 e. The van der Waals surface area contributed by atoms with E-state index in [9.17, 15) is 9.59 Å². The van der Waals surface area contributed by atoms with Gasteiger partial charge in [0.15, 0.2) is 0 Å². The lowest BCUT2D eigenvalue weighted by molar-refractivity contribution is -0.138. The van der Waals surface area contributed by atoms with Crippen LogP contribution < -0.4 is 0 Å². The first-order chi connectivity index (χ1) is 7.93. The molecule has 1 fully saturated rings. The number of nitrogens with zero attached hydrogens (tertiary/aromatic N) is 2. The van der Waals surface area contributed by atoms with Gasteiger partial charge in [0.05, 0.1) is 0 Å². The molecule has 5 nitrogen and oxygen atoms in total. The number of hydrogen-bond acceptors (Lipinski definition) is 2. The SMILES string of the molecule is CC(C)N(CC(=O)O)C(=O)N(C)C1CCCC1. The zero-order valence-electron chi connectivity index (χ0n) is 10.8. The number of hydrogen-bond donors (Lipinski definition) is 1. The van der Waals surface area contributed by atoms with Crippen molar-refractivity contribution in [2.45, 2.75) is 51.6 Å². The molecular weight excluding hydrogens is 220 g/mol. The van der Waals surface area contributed by atoms with Gasteiger partial charge in [-0.15, -0.1) is 0 Å². The minimum absolute atomic E-state index is 0.0950. The summed E-state index contributed by atoms with van der Waals surface area (Å²) in [7, 11) is 1.77. The first-order valence-electron chi connectivity index (χ1n) is 6.18. The van der Waals surface area contributed by atoms with Crippen LogP contribution in [0.1, 0.15) is 39.5 Å². The van der Waals surface area contributed by atoms with Crippen molar-refractivity contribution < 1.29 is 14.7 Å². The molecule has 0 aromatic heterocycles. The van der Waals surface area contributed by atoms with Gasteiger partial charge in [0, 0.05) is 19.1 Å². The van der Waals surface area contributed by atoms with E-state index in [1.54, 1.807) is 11.9 Å². The van der Waals surface area contributed by atoms with Crippen molar-refractivity contribution in [2.75, 3.05) is 13.6 Å². The van der Waals surface area contributed by atoms with E-state index in [-0.39, 0.29) is 24.7 Å². The maximum absolute atomic E-state index is 12.2. The number of carboxylic acid groups (broad SMARTS) is 1. The van der Waals surface area contributed by atoms with Crippen molar-refractivity contribution in [1.82, 2.24) is 9.80 Å². The fourth-order valence-electron chi connectivity index (χ4n) is 2.27. The minimum atomic E-state index is -0.966. The van der Waals surface area contributed by atoms with E-state index >= 15 is 0 Å². The van der Waals surface area contributed by atoms with Gasteiger partial charge in [-0.05, 0) is 26.7 Å². The summed E-state index contributed by atoms with van der Waals surface area (Å²) in [5, 5.41) is 8.82. The molecule has 0 aliphatic heterocycles. The summed E-state index contributed by atoms with van der Waals surface area (Å²) >= 11 is 0. The van der Waals surface area contributed by atoms with Crippen molar-refractivity contribution in [3.05, 3.63) is 0 Å². The summed E-state index contributed by atoms with van der Waals surface area (Å²) in [6.45, 7) is 3.44. The fraction of sp³-hybridized carbons (Fsp3) is 0.833. The van der Waals surface area contributed by atoms with Gasteiger partial charge in [0.25, 0.3) is 0 Å².